The molecule has 61 heavy (non-hydrogen) atoms. The van der Waals surface area contributed by atoms with Crippen LogP contribution in [0.15, 0.2) is 24.3 Å². The molecule has 6 atom stereocenters. The Balaban J connectivity index is 0.000000796. The molecule has 1 saturated carbocycles. The predicted octanol–water partition coefficient (Wildman–Crippen LogP) is 10.8. The lowest BCUT2D eigenvalue weighted by molar-refractivity contribution is -0.129. The number of allylic oxidation sites excluding steroid dienone is 4. The lowest BCUT2D eigenvalue weighted by atomic mass is 9.92. The van der Waals surface area contributed by atoms with E-state index in [0.29, 0.717) is 37.5 Å². The number of nitrogens with one attached hydrogen (secondary N) is 4. The number of hydrogen-bond donors (Lipinski definition) is 4. The summed E-state index contributed by atoms with van der Waals surface area (Å²) < 4.78 is 24.8. The Hall–Kier alpha value is -3.39. The Kier molecular flexibility index (Phi) is 25.4. The average molecular weight is 861 g/mol. The zero-order chi connectivity index (χ0) is 45.8. The first-order valence-electron chi connectivity index (χ1n) is 22.6. The lowest BCUT2D eigenvalue weighted by Gasteiger charge is -2.25. The summed E-state index contributed by atoms with van der Waals surface area (Å²) >= 11 is 0. The van der Waals surface area contributed by atoms with Crippen molar-refractivity contribution >= 4 is 23.8 Å². The third kappa shape index (κ3) is 30.3. The molecule has 11 heteroatoms. The Labute approximate surface area is 371 Å². The van der Waals surface area contributed by atoms with Gasteiger partial charge in [-0.05, 0) is 172 Å². The predicted molar refractivity (Wildman–Crippen MR) is 250 cm³/mol. The number of unbranched alkanes of at least 4 members (excludes halogenated alkanes) is 1. The summed E-state index contributed by atoms with van der Waals surface area (Å²) in [6.45, 7) is 27.3. The molecule has 0 spiro atoms. The first-order valence-corrected chi connectivity index (χ1v) is 22.6. The Morgan fingerprint density at radius 2 is 1.33 bits per heavy atom. The molecule has 0 aromatic carbocycles. The number of amides is 4. The van der Waals surface area contributed by atoms with Crippen LogP contribution in [0.5, 0.6) is 0 Å². The van der Waals surface area contributed by atoms with Gasteiger partial charge in [-0.1, -0.05) is 56.9 Å². The highest BCUT2D eigenvalue weighted by Gasteiger charge is 2.40. The van der Waals surface area contributed by atoms with Crippen molar-refractivity contribution < 1.29 is 33.0 Å². The van der Waals surface area contributed by atoms with Crippen molar-refractivity contribution in [1.82, 2.24) is 21.3 Å². The van der Waals surface area contributed by atoms with E-state index in [9.17, 15) is 23.6 Å². The fourth-order valence-corrected chi connectivity index (χ4v) is 7.03. The third-order valence-corrected chi connectivity index (χ3v) is 9.70. The molecule has 10 nitrogen and oxygen atoms in total. The number of rotatable bonds is 8. The van der Waals surface area contributed by atoms with Gasteiger partial charge >= 0.3 is 6.09 Å². The van der Waals surface area contributed by atoms with Crippen molar-refractivity contribution in [1.29, 1.82) is 0 Å². The molecular formula is C50H89FN4O6. The van der Waals surface area contributed by atoms with Crippen LogP contribution < -0.4 is 21.3 Å². The molecule has 4 amide bonds. The van der Waals surface area contributed by atoms with Crippen LogP contribution in [0.1, 0.15) is 194 Å². The van der Waals surface area contributed by atoms with E-state index in [1.807, 2.05) is 83.1 Å². The van der Waals surface area contributed by atoms with Crippen LogP contribution >= 0.6 is 0 Å². The van der Waals surface area contributed by atoms with Crippen LogP contribution in [0.4, 0.5) is 9.18 Å². The van der Waals surface area contributed by atoms with Crippen molar-refractivity contribution in [2.45, 2.75) is 234 Å². The van der Waals surface area contributed by atoms with Crippen LogP contribution in [0, 0.1) is 29.6 Å². The maximum absolute atomic E-state index is 13.8. The Morgan fingerprint density at radius 1 is 0.738 bits per heavy atom. The summed E-state index contributed by atoms with van der Waals surface area (Å²) in [5.41, 5.74) is -2.09. The Bertz CT molecular complexity index is 1450. The largest absolute Gasteiger partial charge is 0.446 e. The highest BCUT2D eigenvalue weighted by atomic mass is 19.1. The molecular weight excluding hydrogens is 772 g/mol. The fourth-order valence-electron chi connectivity index (χ4n) is 7.03. The van der Waals surface area contributed by atoms with Crippen molar-refractivity contribution in [2.75, 3.05) is 6.61 Å². The first kappa shape index (κ1) is 57.6. The van der Waals surface area contributed by atoms with E-state index in [-0.39, 0.29) is 78.1 Å². The Morgan fingerprint density at radius 3 is 1.87 bits per heavy atom. The highest BCUT2D eigenvalue weighted by Crippen LogP contribution is 2.43. The van der Waals surface area contributed by atoms with E-state index in [1.165, 1.54) is 13.3 Å². The maximum atomic E-state index is 13.8. The third-order valence-electron chi connectivity index (χ3n) is 9.70. The second kappa shape index (κ2) is 26.9. The molecule has 0 saturated heterocycles. The maximum Gasteiger partial charge on any atom is 0.407 e. The SMILES string of the molecule is C.CC(C)(C)NC(=O)C1CC2C=CC1C2.CC(C)(C)NC(=O)OC1CC/C=C/CCC1.CC1(F)C#CCCC(OCC(=O)NC(C)(C)C)CC1.CCCCC(=O)NC(C)(C)C. The van der Waals surface area contributed by atoms with Crippen LogP contribution in [-0.2, 0) is 23.9 Å². The summed E-state index contributed by atoms with van der Waals surface area (Å²) in [5.74, 6) is 7.16. The molecule has 0 aliphatic heterocycles. The topological polar surface area (TPSA) is 135 Å². The number of carbonyl (C=O) groups excluding carboxylic acids is 4. The van der Waals surface area contributed by atoms with E-state index in [1.54, 1.807) is 0 Å². The summed E-state index contributed by atoms with van der Waals surface area (Å²) in [6, 6.07) is 0. The van der Waals surface area contributed by atoms with Crippen molar-refractivity contribution in [3.63, 3.8) is 0 Å². The minimum absolute atomic E-state index is 0. The van der Waals surface area contributed by atoms with Crippen LogP contribution in [0.2, 0.25) is 0 Å². The quantitative estimate of drug-likeness (QED) is 0.142. The molecule has 4 aliphatic carbocycles. The molecule has 1 fully saturated rings. The van der Waals surface area contributed by atoms with E-state index >= 15 is 0 Å². The molecule has 4 aliphatic rings. The summed E-state index contributed by atoms with van der Waals surface area (Å²) in [7, 11) is 0. The zero-order valence-electron chi connectivity index (χ0n) is 40.1. The van der Waals surface area contributed by atoms with Crippen LogP contribution in [0.3, 0.4) is 0 Å². The number of hydrogen-bond acceptors (Lipinski definition) is 6. The monoisotopic (exact) mass is 861 g/mol. The first-order chi connectivity index (χ1) is 27.6. The summed E-state index contributed by atoms with van der Waals surface area (Å²) in [5, 5.41) is 11.6. The van der Waals surface area contributed by atoms with Gasteiger partial charge in [0.25, 0.3) is 0 Å². The minimum atomic E-state index is -1.43. The van der Waals surface area contributed by atoms with E-state index in [2.05, 4.69) is 64.3 Å². The summed E-state index contributed by atoms with van der Waals surface area (Å²) in [6.07, 6.45) is 21.0. The standard InChI is InChI=1S/C15H24FNO2.C13H23NO2.C12H19NO.C9H19NO.CH4/c1-14(2,3)17-13(18)11-19-12-7-5-6-9-15(4,16)10-8-12;1-13(2,3)14-12(15)16-11-9-7-5-4-6-8-10-11;1-12(2,3)13-11(14)10-7-8-4-5-9(10)6-8;1-5-6-7-8(11)10-9(2,3)4;/h12H,5,7-8,10-11H2,1-4H3,(H,17,18);4-5,11H,6-10H2,1-3H3,(H,14,15);4-5,8-10H,6-7H2,1-3H3,(H,13,14);5-7H2,1-4H3,(H,10,11);1H4/b;5-4+;;;. The van der Waals surface area contributed by atoms with Gasteiger partial charge in [-0.2, -0.15) is 0 Å². The van der Waals surface area contributed by atoms with Gasteiger partial charge in [0.1, 0.15) is 12.7 Å². The number of alkyl carbamates (subject to hydrolysis) is 1. The van der Waals surface area contributed by atoms with Crippen LogP contribution in [0.25, 0.3) is 0 Å². The van der Waals surface area contributed by atoms with Gasteiger partial charge in [0, 0.05) is 40.9 Å². The highest BCUT2D eigenvalue weighted by molar-refractivity contribution is 5.80. The van der Waals surface area contributed by atoms with Gasteiger partial charge in [-0.3, -0.25) is 14.4 Å². The molecule has 0 aromatic rings. The van der Waals surface area contributed by atoms with Gasteiger partial charge in [-0.25, -0.2) is 9.18 Å². The molecule has 0 radical (unpaired) electrons. The number of fused-ring (bicyclic) bond motifs is 2. The number of ether oxygens (including phenoxy) is 2. The number of alkyl halides is 1. The van der Waals surface area contributed by atoms with Crippen molar-refractivity contribution in [3.8, 4) is 11.8 Å². The van der Waals surface area contributed by atoms with Gasteiger partial charge in [-0.15, -0.1) is 0 Å². The van der Waals surface area contributed by atoms with Gasteiger partial charge in [0.2, 0.25) is 17.7 Å². The van der Waals surface area contributed by atoms with Crippen molar-refractivity contribution in [3.05, 3.63) is 24.3 Å². The molecule has 4 rings (SSSR count). The smallest absolute Gasteiger partial charge is 0.407 e. The molecule has 6 unspecified atom stereocenters. The van der Waals surface area contributed by atoms with Gasteiger partial charge < -0.3 is 30.7 Å². The van der Waals surface area contributed by atoms with E-state index in [0.717, 1.165) is 57.8 Å². The van der Waals surface area contributed by atoms with Crippen molar-refractivity contribution in [2.24, 2.45) is 17.8 Å². The number of carbonyl (C=O) groups is 4. The minimum Gasteiger partial charge on any atom is -0.446 e. The second-order valence-corrected chi connectivity index (χ2v) is 21.2. The lowest BCUT2D eigenvalue weighted by Crippen LogP contribution is -2.44. The fraction of sp³-hybridized carbons (Fsp3) is 0.800. The molecule has 352 valence electrons. The van der Waals surface area contributed by atoms with Gasteiger partial charge in [0.05, 0.1) is 6.10 Å². The molecule has 4 N–H and O–H groups in total. The molecule has 0 aromatic heterocycles. The normalized spacial score (nSPS) is 25.0. The van der Waals surface area contributed by atoms with Crippen LogP contribution in [-0.4, -0.2) is 70.5 Å². The molecule has 0 heterocycles. The van der Waals surface area contributed by atoms with E-state index in [4.69, 9.17) is 9.47 Å². The average Bonchev–Trinajstić information content (AvgIpc) is 3.69. The molecule has 2 bridgehead atoms. The number of halogens is 1. The van der Waals surface area contributed by atoms with Gasteiger partial charge in [0.15, 0.2) is 5.67 Å². The summed E-state index contributed by atoms with van der Waals surface area (Å²) in [4.78, 5) is 46.2. The van der Waals surface area contributed by atoms with E-state index < -0.39 is 5.67 Å². The zero-order valence-corrected chi connectivity index (χ0v) is 40.1. The second-order valence-electron chi connectivity index (χ2n) is 21.2.